The average molecular weight is 161 g/mol. The summed E-state index contributed by atoms with van der Waals surface area (Å²) < 4.78 is 17.2. The Hall–Kier alpha value is -0.640. The third-order valence-corrected chi connectivity index (χ3v) is 1.98. The molecule has 0 bridgehead atoms. The van der Waals surface area contributed by atoms with Crippen molar-refractivity contribution < 1.29 is 13.9 Å². The predicted octanol–water partition coefficient (Wildman–Crippen LogP) is 0.249. The molecule has 0 aromatic carbocycles. The van der Waals surface area contributed by atoms with Crippen LogP contribution in [0.1, 0.15) is 13.3 Å². The highest BCUT2D eigenvalue weighted by Gasteiger charge is 2.41. The van der Waals surface area contributed by atoms with Crippen LogP contribution in [-0.4, -0.2) is 31.3 Å². The molecule has 0 radical (unpaired) electrons. The number of alkyl halides is 1. The maximum atomic E-state index is 12.6. The fraction of sp³-hybridized carbons (Fsp3) is 0.857. The molecule has 1 saturated heterocycles. The van der Waals surface area contributed by atoms with E-state index in [0.717, 1.165) is 0 Å². The topological polar surface area (TPSA) is 38.3 Å². The Morgan fingerprint density at radius 2 is 2.45 bits per heavy atom. The molecule has 64 valence electrons. The van der Waals surface area contributed by atoms with Crippen molar-refractivity contribution in [2.75, 3.05) is 13.7 Å². The number of methoxy groups -OCH3 is 1. The van der Waals surface area contributed by atoms with E-state index in [9.17, 15) is 9.18 Å². The second kappa shape index (κ2) is 2.77. The highest BCUT2D eigenvalue weighted by molar-refractivity contribution is 5.80. The molecule has 1 aliphatic rings. The second-order valence-electron chi connectivity index (χ2n) is 3.01. The van der Waals surface area contributed by atoms with E-state index in [4.69, 9.17) is 0 Å². The monoisotopic (exact) mass is 161 g/mol. The first-order chi connectivity index (χ1) is 5.08. The van der Waals surface area contributed by atoms with Gasteiger partial charge in [-0.15, -0.1) is 0 Å². The van der Waals surface area contributed by atoms with Gasteiger partial charge in [0, 0.05) is 13.0 Å². The third-order valence-electron chi connectivity index (χ3n) is 1.98. The average Bonchev–Trinajstić information content (AvgIpc) is 2.31. The fourth-order valence-electron chi connectivity index (χ4n) is 1.30. The lowest BCUT2D eigenvalue weighted by molar-refractivity contribution is -0.147. The van der Waals surface area contributed by atoms with Gasteiger partial charge in [0.25, 0.3) is 0 Å². The van der Waals surface area contributed by atoms with Crippen LogP contribution in [0, 0.1) is 0 Å². The minimum atomic E-state index is -0.931. The van der Waals surface area contributed by atoms with Gasteiger partial charge in [0.05, 0.1) is 7.11 Å². The molecular formula is C7H12FNO2. The number of hydrogen-bond donors (Lipinski definition) is 1. The number of esters is 1. The van der Waals surface area contributed by atoms with E-state index >= 15 is 0 Å². The van der Waals surface area contributed by atoms with Crippen molar-refractivity contribution >= 4 is 5.97 Å². The van der Waals surface area contributed by atoms with Gasteiger partial charge in [0.1, 0.15) is 11.7 Å². The van der Waals surface area contributed by atoms with E-state index in [2.05, 4.69) is 10.1 Å². The van der Waals surface area contributed by atoms with Crippen LogP contribution in [0.3, 0.4) is 0 Å². The van der Waals surface area contributed by atoms with Crippen LogP contribution in [0.25, 0.3) is 0 Å². The summed E-state index contributed by atoms with van der Waals surface area (Å²) in [6, 6.07) is 0. The number of carbonyl (C=O) groups excluding carboxylic acids is 1. The first-order valence-corrected chi connectivity index (χ1v) is 3.56. The molecule has 0 unspecified atom stereocenters. The lowest BCUT2D eigenvalue weighted by atomic mass is 10.0. The Labute approximate surface area is 64.9 Å². The molecule has 0 spiro atoms. The summed E-state index contributed by atoms with van der Waals surface area (Å²) in [6.45, 7) is 1.89. The molecule has 0 aromatic heterocycles. The second-order valence-corrected chi connectivity index (χ2v) is 3.01. The largest absolute Gasteiger partial charge is 0.468 e. The van der Waals surface area contributed by atoms with Gasteiger partial charge in [-0.25, -0.2) is 4.39 Å². The van der Waals surface area contributed by atoms with Gasteiger partial charge in [0.2, 0.25) is 0 Å². The highest BCUT2D eigenvalue weighted by Crippen LogP contribution is 2.22. The van der Waals surface area contributed by atoms with E-state index in [1.165, 1.54) is 7.11 Å². The molecule has 2 atom stereocenters. The van der Waals surface area contributed by atoms with Gasteiger partial charge < -0.3 is 4.74 Å². The molecule has 0 aliphatic carbocycles. The summed E-state index contributed by atoms with van der Waals surface area (Å²) >= 11 is 0. The van der Waals surface area contributed by atoms with E-state index in [-0.39, 0.29) is 13.0 Å². The number of hydrogen-bond acceptors (Lipinski definition) is 3. The smallest absolute Gasteiger partial charge is 0.325 e. The molecule has 4 heteroatoms. The number of ether oxygens (including phenoxy) is 1. The lowest BCUT2D eigenvalue weighted by Gasteiger charge is -2.19. The fourth-order valence-corrected chi connectivity index (χ4v) is 1.30. The van der Waals surface area contributed by atoms with Crippen LogP contribution in [0.15, 0.2) is 0 Å². The minimum absolute atomic E-state index is 0.208. The zero-order chi connectivity index (χ0) is 8.48. The summed E-state index contributed by atoms with van der Waals surface area (Å²) in [5, 5.41) is 2.78. The van der Waals surface area contributed by atoms with Gasteiger partial charge in [-0.05, 0) is 6.92 Å². The Kier molecular flexibility index (Phi) is 2.13. The summed E-state index contributed by atoms with van der Waals surface area (Å²) in [5.41, 5.74) is -0.811. The highest BCUT2D eigenvalue weighted by atomic mass is 19.1. The van der Waals surface area contributed by atoms with Crippen molar-refractivity contribution in [3.8, 4) is 0 Å². The first-order valence-electron chi connectivity index (χ1n) is 3.56. The van der Waals surface area contributed by atoms with Crippen molar-refractivity contribution in [1.82, 2.24) is 5.32 Å². The van der Waals surface area contributed by atoms with Crippen LogP contribution in [0.2, 0.25) is 0 Å². The van der Waals surface area contributed by atoms with Gasteiger partial charge in [-0.2, -0.15) is 0 Å². The van der Waals surface area contributed by atoms with Crippen LogP contribution >= 0.6 is 0 Å². The molecule has 0 saturated carbocycles. The molecule has 1 N–H and O–H groups in total. The molecule has 1 rings (SSSR count). The van der Waals surface area contributed by atoms with Crippen LogP contribution in [0.5, 0.6) is 0 Å². The number of halogens is 1. The molecule has 1 aliphatic heterocycles. The van der Waals surface area contributed by atoms with Gasteiger partial charge in [-0.1, -0.05) is 0 Å². The molecule has 1 heterocycles. The van der Waals surface area contributed by atoms with Gasteiger partial charge in [0.15, 0.2) is 0 Å². The number of rotatable bonds is 1. The van der Waals surface area contributed by atoms with Gasteiger partial charge in [-0.3, -0.25) is 10.1 Å². The summed E-state index contributed by atoms with van der Waals surface area (Å²) in [4.78, 5) is 11.0. The van der Waals surface area contributed by atoms with Crippen molar-refractivity contribution in [2.24, 2.45) is 0 Å². The van der Waals surface area contributed by atoms with Crippen LogP contribution in [0.4, 0.5) is 4.39 Å². The third kappa shape index (κ3) is 1.50. The summed E-state index contributed by atoms with van der Waals surface area (Å²) in [5.74, 6) is -0.391. The zero-order valence-electron chi connectivity index (χ0n) is 6.69. The maximum absolute atomic E-state index is 12.6. The Morgan fingerprint density at radius 1 is 1.82 bits per heavy atom. The van der Waals surface area contributed by atoms with Gasteiger partial charge >= 0.3 is 5.97 Å². The quantitative estimate of drug-likeness (QED) is 0.560. The molecular weight excluding hydrogens is 149 g/mol. The van der Waals surface area contributed by atoms with E-state index in [1.807, 2.05) is 0 Å². The SMILES string of the molecule is COC(=O)[C@@]1(C)C[C@H](F)CN1. The van der Waals surface area contributed by atoms with Crippen LogP contribution in [-0.2, 0) is 9.53 Å². The summed E-state index contributed by atoms with van der Waals surface area (Å²) in [6.07, 6.45) is -0.723. The zero-order valence-corrected chi connectivity index (χ0v) is 6.69. The van der Waals surface area contributed by atoms with Crippen molar-refractivity contribution in [3.05, 3.63) is 0 Å². The Morgan fingerprint density at radius 3 is 2.82 bits per heavy atom. The minimum Gasteiger partial charge on any atom is -0.468 e. The van der Waals surface area contributed by atoms with Crippen molar-refractivity contribution in [1.29, 1.82) is 0 Å². The maximum Gasteiger partial charge on any atom is 0.325 e. The number of nitrogens with one attached hydrogen (secondary N) is 1. The number of carbonyl (C=O) groups is 1. The molecule has 0 amide bonds. The van der Waals surface area contributed by atoms with E-state index in [0.29, 0.717) is 0 Å². The van der Waals surface area contributed by atoms with Crippen molar-refractivity contribution in [2.45, 2.75) is 25.1 Å². The Balaban J connectivity index is 2.61. The lowest BCUT2D eigenvalue weighted by Crippen LogP contribution is -2.45. The molecule has 0 aromatic rings. The van der Waals surface area contributed by atoms with Crippen molar-refractivity contribution in [3.63, 3.8) is 0 Å². The summed E-state index contributed by atoms with van der Waals surface area (Å²) in [7, 11) is 1.31. The van der Waals surface area contributed by atoms with E-state index < -0.39 is 17.7 Å². The predicted molar refractivity (Wildman–Crippen MR) is 37.9 cm³/mol. The first kappa shape index (κ1) is 8.46. The normalized spacial score (nSPS) is 37.2. The Bertz CT molecular complexity index is 174. The molecule has 3 nitrogen and oxygen atoms in total. The molecule has 11 heavy (non-hydrogen) atoms. The van der Waals surface area contributed by atoms with Crippen LogP contribution < -0.4 is 5.32 Å². The standard InChI is InChI=1S/C7H12FNO2/c1-7(6(10)11-2)3-5(8)4-9-7/h5,9H,3-4H2,1-2H3/t5-,7+/m0/s1. The molecule has 1 fully saturated rings. The van der Waals surface area contributed by atoms with E-state index in [1.54, 1.807) is 6.92 Å².